The smallest absolute Gasteiger partial charge is 0.175 e. The Balaban J connectivity index is 2.65. The molecule has 0 saturated heterocycles. The van der Waals surface area contributed by atoms with E-state index in [1.165, 1.54) is 0 Å². The number of methoxy groups -OCH3 is 1. The van der Waals surface area contributed by atoms with Gasteiger partial charge in [0.05, 0.1) is 31.4 Å². The summed E-state index contributed by atoms with van der Waals surface area (Å²) < 4.78 is 17.0. The van der Waals surface area contributed by atoms with E-state index in [2.05, 4.69) is 21.2 Å². The molecule has 1 rings (SSSR count). The Morgan fingerprint density at radius 1 is 1.26 bits per heavy atom. The maximum absolute atomic E-state index is 8.59. The fraction of sp³-hybridized carbons (Fsp3) is 0.538. The highest BCUT2D eigenvalue weighted by Gasteiger charge is 2.11. The van der Waals surface area contributed by atoms with Gasteiger partial charge in [0.1, 0.15) is 6.61 Å². The molecule has 108 valence electrons. The van der Waals surface area contributed by atoms with E-state index in [0.29, 0.717) is 31.3 Å². The van der Waals surface area contributed by atoms with E-state index < -0.39 is 0 Å². The quantitative estimate of drug-likeness (QED) is 0.672. The number of halogens is 1. The molecule has 0 radical (unpaired) electrons. The summed E-state index contributed by atoms with van der Waals surface area (Å²) in [6, 6.07) is 3.92. The Kier molecular flexibility index (Phi) is 7.81. The zero-order valence-electron chi connectivity index (χ0n) is 11.2. The van der Waals surface area contributed by atoms with Crippen molar-refractivity contribution >= 4 is 15.9 Å². The molecule has 0 fully saturated rings. The summed E-state index contributed by atoms with van der Waals surface area (Å²) in [5.41, 5.74) is 1.11. The summed E-state index contributed by atoms with van der Waals surface area (Å²) in [5, 5.41) is 11.7. The fourth-order valence-electron chi connectivity index (χ4n) is 1.59. The number of ether oxygens (including phenoxy) is 3. The molecule has 2 N–H and O–H groups in total. The number of hydrogen-bond acceptors (Lipinski definition) is 5. The summed E-state index contributed by atoms with van der Waals surface area (Å²) in [6.07, 6.45) is 0. The minimum atomic E-state index is 0.0196. The van der Waals surface area contributed by atoms with Crippen LogP contribution in [0.5, 0.6) is 11.5 Å². The first-order valence-corrected chi connectivity index (χ1v) is 6.84. The molecule has 0 saturated carbocycles. The van der Waals surface area contributed by atoms with Gasteiger partial charge < -0.3 is 24.6 Å². The molecule has 0 aliphatic carbocycles. The van der Waals surface area contributed by atoms with E-state index in [-0.39, 0.29) is 6.61 Å². The highest BCUT2D eigenvalue weighted by atomic mass is 79.9. The van der Waals surface area contributed by atoms with Crippen molar-refractivity contribution in [2.75, 3.05) is 40.6 Å². The van der Waals surface area contributed by atoms with Gasteiger partial charge >= 0.3 is 0 Å². The van der Waals surface area contributed by atoms with Crippen LogP contribution in [0, 0.1) is 0 Å². The van der Waals surface area contributed by atoms with E-state index in [0.717, 1.165) is 16.6 Å². The minimum absolute atomic E-state index is 0.0196. The third-order valence-electron chi connectivity index (χ3n) is 2.38. The lowest BCUT2D eigenvalue weighted by molar-refractivity contribution is 0.0697. The number of aliphatic hydroxyl groups is 1. The third-order valence-corrected chi connectivity index (χ3v) is 2.97. The molecule has 6 heteroatoms. The van der Waals surface area contributed by atoms with Crippen LogP contribution in [0.4, 0.5) is 0 Å². The molecule has 0 aliphatic heterocycles. The average Bonchev–Trinajstić information content (AvgIpc) is 2.40. The van der Waals surface area contributed by atoms with Crippen molar-refractivity contribution in [3.8, 4) is 11.5 Å². The molecular weight excluding hydrogens is 314 g/mol. The summed E-state index contributed by atoms with van der Waals surface area (Å²) in [4.78, 5) is 0. The van der Waals surface area contributed by atoms with Gasteiger partial charge in [-0.25, -0.2) is 0 Å². The average molecular weight is 334 g/mol. The predicted molar refractivity (Wildman–Crippen MR) is 76.9 cm³/mol. The molecule has 0 spiro atoms. The van der Waals surface area contributed by atoms with Crippen molar-refractivity contribution in [2.24, 2.45) is 0 Å². The fourth-order valence-corrected chi connectivity index (χ4v) is 2.19. The Morgan fingerprint density at radius 2 is 2.05 bits per heavy atom. The van der Waals surface area contributed by atoms with E-state index >= 15 is 0 Å². The van der Waals surface area contributed by atoms with Crippen LogP contribution in [-0.2, 0) is 11.3 Å². The van der Waals surface area contributed by atoms with Crippen molar-refractivity contribution in [2.45, 2.75) is 6.54 Å². The second-order valence-corrected chi connectivity index (χ2v) is 4.68. The first-order valence-electron chi connectivity index (χ1n) is 6.05. The lowest BCUT2D eigenvalue weighted by atomic mass is 10.2. The lowest BCUT2D eigenvalue weighted by Gasteiger charge is -2.14. The minimum Gasteiger partial charge on any atom is -0.493 e. The second kappa shape index (κ2) is 9.14. The van der Waals surface area contributed by atoms with Crippen LogP contribution < -0.4 is 14.8 Å². The van der Waals surface area contributed by atoms with Crippen LogP contribution in [-0.4, -0.2) is 45.7 Å². The molecule has 1 aromatic rings. The van der Waals surface area contributed by atoms with Crippen LogP contribution in [0.25, 0.3) is 0 Å². The molecular formula is C13H20BrNO4. The first kappa shape index (κ1) is 16.2. The Morgan fingerprint density at radius 3 is 2.68 bits per heavy atom. The molecule has 0 amide bonds. The maximum atomic E-state index is 8.59. The Labute approximate surface area is 122 Å². The molecule has 1 aromatic carbocycles. The molecule has 0 atom stereocenters. The van der Waals surface area contributed by atoms with Crippen molar-refractivity contribution in [3.05, 3.63) is 22.2 Å². The van der Waals surface area contributed by atoms with Crippen LogP contribution in [0.1, 0.15) is 5.56 Å². The van der Waals surface area contributed by atoms with E-state index in [1.54, 1.807) is 7.11 Å². The van der Waals surface area contributed by atoms with Gasteiger partial charge in [0.15, 0.2) is 11.5 Å². The van der Waals surface area contributed by atoms with Crippen molar-refractivity contribution in [1.82, 2.24) is 5.32 Å². The van der Waals surface area contributed by atoms with Gasteiger partial charge in [-0.05, 0) is 40.7 Å². The van der Waals surface area contributed by atoms with Gasteiger partial charge in [0.2, 0.25) is 0 Å². The topological polar surface area (TPSA) is 60.0 Å². The molecule has 0 aromatic heterocycles. The summed E-state index contributed by atoms with van der Waals surface area (Å²) in [7, 11) is 3.50. The van der Waals surface area contributed by atoms with Gasteiger partial charge in [-0.3, -0.25) is 0 Å². The van der Waals surface area contributed by atoms with Crippen molar-refractivity contribution in [1.29, 1.82) is 0 Å². The van der Waals surface area contributed by atoms with E-state index in [4.69, 9.17) is 19.3 Å². The van der Waals surface area contributed by atoms with E-state index in [1.807, 2.05) is 19.2 Å². The van der Waals surface area contributed by atoms with Gasteiger partial charge in [-0.15, -0.1) is 0 Å². The molecule has 0 heterocycles. The molecule has 0 bridgehead atoms. The zero-order chi connectivity index (χ0) is 14.1. The monoisotopic (exact) mass is 333 g/mol. The zero-order valence-corrected chi connectivity index (χ0v) is 12.8. The van der Waals surface area contributed by atoms with Crippen LogP contribution in [0.2, 0.25) is 0 Å². The first-order chi connectivity index (χ1) is 9.22. The summed E-state index contributed by atoms with van der Waals surface area (Å²) in [5.74, 6) is 1.34. The predicted octanol–water partition coefficient (Wildman–Crippen LogP) is 1.56. The number of benzene rings is 1. The standard InChI is InChI=1S/C13H20BrNO4/c1-15-9-10-7-11(14)13(12(8-10)17-2)19-6-5-18-4-3-16/h7-8,15-16H,3-6,9H2,1-2H3. The summed E-state index contributed by atoms with van der Waals surface area (Å²) in [6.45, 7) is 1.93. The van der Waals surface area contributed by atoms with Gasteiger partial charge in [0.25, 0.3) is 0 Å². The maximum Gasteiger partial charge on any atom is 0.175 e. The SMILES string of the molecule is CNCc1cc(Br)c(OCCOCCO)c(OC)c1. The van der Waals surface area contributed by atoms with Crippen LogP contribution in [0.3, 0.4) is 0 Å². The Bertz CT molecular complexity index is 387. The molecule has 0 aliphatic rings. The van der Waals surface area contributed by atoms with Crippen LogP contribution >= 0.6 is 15.9 Å². The number of rotatable bonds is 9. The third kappa shape index (κ3) is 5.36. The van der Waals surface area contributed by atoms with Crippen molar-refractivity contribution < 1.29 is 19.3 Å². The number of hydrogen-bond donors (Lipinski definition) is 2. The highest BCUT2D eigenvalue weighted by Crippen LogP contribution is 2.36. The van der Waals surface area contributed by atoms with Gasteiger partial charge in [-0.2, -0.15) is 0 Å². The molecule has 5 nitrogen and oxygen atoms in total. The molecule has 19 heavy (non-hydrogen) atoms. The highest BCUT2D eigenvalue weighted by molar-refractivity contribution is 9.10. The van der Waals surface area contributed by atoms with Crippen LogP contribution in [0.15, 0.2) is 16.6 Å². The summed E-state index contributed by atoms with van der Waals surface area (Å²) >= 11 is 3.48. The Hall–Kier alpha value is -0.820. The largest absolute Gasteiger partial charge is 0.493 e. The normalized spacial score (nSPS) is 10.5. The van der Waals surface area contributed by atoms with Gasteiger partial charge in [0, 0.05) is 6.54 Å². The van der Waals surface area contributed by atoms with Gasteiger partial charge in [-0.1, -0.05) is 0 Å². The number of nitrogens with one attached hydrogen (secondary N) is 1. The second-order valence-electron chi connectivity index (χ2n) is 3.82. The molecule has 0 unspecified atom stereocenters. The van der Waals surface area contributed by atoms with E-state index in [9.17, 15) is 0 Å². The lowest BCUT2D eigenvalue weighted by Crippen LogP contribution is -2.10. The van der Waals surface area contributed by atoms with Crippen molar-refractivity contribution in [3.63, 3.8) is 0 Å². The number of aliphatic hydroxyl groups excluding tert-OH is 1.